The minimum Gasteiger partial charge on any atom is -0.497 e. The van der Waals surface area contributed by atoms with Gasteiger partial charge in [0.1, 0.15) is 17.3 Å². The second-order valence-electron chi connectivity index (χ2n) is 8.66. The topological polar surface area (TPSA) is 42.0 Å². The van der Waals surface area contributed by atoms with Crippen LogP contribution >= 0.6 is 0 Å². The first-order valence-corrected chi connectivity index (χ1v) is 11.8. The number of ether oxygens (including phenoxy) is 2. The summed E-state index contributed by atoms with van der Waals surface area (Å²) in [6, 6.07) is 18.3. The van der Waals surface area contributed by atoms with Crippen LogP contribution in [0.2, 0.25) is 0 Å². The van der Waals surface area contributed by atoms with Crippen LogP contribution in [-0.2, 0) is 0 Å². The Balaban J connectivity index is 1.73. The lowest BCUT2D eigenvalue weighted by Crippen LogP contribution is -2.29. The molecule has 0 unspecified atom stereocenters. The summed E-state index contributed by atoms with van der Waals surface area (Å²) in [7, 11) is 5.25. The molecular weight excluding hydrogens is 443 g/mol. The molecule has 1 aliphatic heterocycles. The number of nitrogens with zero attached hydrogens (tertiary/aromatic N) is 2. The summed E-state index contributed by atoms with van der Waals surface area (Å²) in [5.41, 5.74) is 3.62. The Morgan fingerprint density at radius 1 is 0.943 bits per heavy atom. The number of allylic oxidation sites excluding steroid dienone is 1. The zero-order valence-corrected chi connectivity index (χ0v) is 20.5. The molecule has 0 radical (unpaired) electrons. The lowest BCUT2D eigenvalue weighted by molar-refractivity contribution is 0.104. The van der Waals surface area contributed by atoms with Crippen molar-refractivity contribution in [1.29, 1.82) is 0 Å². The zero-order chi connectivity index (χ0) is 24.8. The predicted octanol–water partition coefficient (Wildman–Crippen LogP) is 5.55. The molecule has 0 aromatic heterocycles. The maximum atomic E-state index is 14.4. The average Bonchev–Trinajstić information content (AvgIpc) is 3.11. The number of likely N-dealkylation sites (N-methyl/N-ethyl adjacent to an activating group) is 1. The molecule has 1 fully saturated rings. The summed E-state index contributed by atoms with van der Waals surface area (Å²) >= 11 is 0. The molecule has 0 bridgehead atoms. The summed E-state index contributed by atoms with van der Waals surface area (Å²) in [4.78, 5) is 18.1. The highest BCUT2D eigenvalue weighted by Crippen LogP contribution is 2.34. The highest BCUT2D eigenvalue weighted by molar-refractivity contribution is 6.11. The molecule has 0 amide bonds. The van der Waals surface area contributed by atoms with Crippen LogP contribution in [0.4, 0.5) is 10.1 Å². The molecule has 0 atom stereocenters. The van der Waals surface area contributed by atoms with Crippen molar-refractivity contribution in [2.24, 2.45) is 0 Å². The first-order valence-electron chi connectivity index (χ1n) is 11.8. The summed E-state index contributed by atoms with van der Waals surface area (Å²) in [6.07, 6.45) is 3.98. The van der Waals surface area contributed by atoms with Gasteiger partial charge < -0.3 is 19.3 Å². The van der Waals surface area contributed by atoms with Crippen molar-refractivity contribution in [1.82, 2.24) is 4.90 Å². The number of halogens is 1. The molecule has 6 heteroatoms. The van der Waals surface area contributed by atoms with Crippen molar-refractivity contribution in [2.75, 3.05) is 52.3 Å². The third-order valence-electron chi connectivity index (χ3n) is 6.36. The molecular formula is C29H31FN2O3. The van der Waals surface area contributed by atoms with Crippen molar-refractivity contribution < 1.29 is 18.7 Å². The van der Waals surface area contributed by atoms with Gasteiger partial charge in [-0.15, -0.1) is 0 Å². The van der Waals surface area contributed by atoms with Gasteiger partial charge in [0.15, 0.2) is 5.78 Å². The van der Waals surface area contributed by atoms with Crippen LogP contribution in [0.25, 0.3) is 17.2 Å². The van der Waals surface area contributed by atoms with E-state index in [0.29, 0.717) is 16.9 Å². The summed E-state index contributed by atoms with van der Waals surface area (Å²) in [5.74, 6) is 0.561. The van der Waals surface area contributed by atoms with Crippen molar-refractivity contribution in [2.45, 2.75) is 6.42 Å². The van der Waals surface area contributed by atoms with Crippen LogP contribution in [-0.4, -0.2) is 58.1 Å². The number of para-hydroxylation sites is 1. The Kier molecular flexibility index (Phi) is 7.83. The first kappa shape index (κ1) is 24.5. The van der Waals surface area contributed by atoms with E-state index in [1.54, 1.807) is 19.2 Å². The van der Waals surface area contributed by atoms with E-state index in [9.17, 15) is 9.18 Å². The molecule has 3 aromatic carbocycles. The molecule has 1 heterocycles. The number of rotatable bonds is 7. The second-order valence-corrected chi connectivity index (χ2v) is 8.66. The first-order chi connectivity index (χ1) is 17.0. The Labute approximate surface area is 206 Å². The molecule has 5 nitrogen and oxygen atoms in total. The van der Waals surface area contributed by atoms with E-state index in [2.05, 4.69) is 16.8 Å². The lowest BCUT2D eigenvalue weighted by Gasteiger charge is -2.25. The Morgan fingerprint density at radius 2 is 1.77 bits per heavy atom. The SMILES string of the molecule is COc1ccc(C=CC(=O)c2cc(-c3ccccc3OC)ccc2N2CCCN(C)CC2)c(F)c1. The van der Waals surface area contributed by atoms with E-state index in [0.717, 1.165) is 55.2 Å². The van der Waals surface area contributed by atoms with Gasteiger partial charge in [0, 0.05) is 48.1 Å². The van der Waals surface area contributed by atoms with Crippen molar-refractivity contribution in [3.05, 3.63) is 83.7 Å². The zero-order valence-electron chi connectivity index (χ0n) is 20.5. The molecule has 0 N–H and O–H groups in total. The molecule has 1 saturated heterocycles. The fraction of sp³-hybridized carbons (Fsp3) is 0.276. The van der Waals surface area contributed by atoms with Crippen LogP contribution in [0.1, 0.15) is 22.3 Å². The van der Waals surface area contributed by atoms with Crippen molar-refractivity contribution in [3.8, 4) is 22.6 Å². The molecule has 4 rings (SSSR count). The smallest absolute Gasteiger partial charge is 0.187 e. The maximum Gasteiger partial charge on any atom is 0.187 e. The lowest BCUT2D eigenvalue weighted by atomic mass is 9.97. The van der Waals surface area contributed by atoms with Gasteiger partial charge >= 0.3 is 0 Å². The minimum absolute atomic E-state index is 0.176. The quantitative estimate of drug-likeness (QED) is 0.332. The third-order valence-corrected chi connectivity index (χ3v) is 6.36. The van der Waals surface area contributed by atoms with Crippen LogP contribution in [0, 0.1) is 5.82 Å². The number of hydrogen-bond acceptors (Lipinski definition) is 5. The molecule has 0 spiro atoms. The molecule has 3 aromatic rings. The van der Waals surface area contributed by atoms with Crippen LogP contribution in [0.3, 0.4) is 0 Å². The van der Waals surface area contributed by atoms with Gasteiger partial charge in [-0.05, 0) is 68.1 Å². The van der Waals surface area contributed by atoms with E-state index in [4.69, 9.17) is 9.47 Å². The monoisotopic (exact) mass is 474 g/mol. The Hall–Kier alpha value is -3.64. The van der Waals surface area contributed by atoms with Gasteiger partial charge in [-0.3, -0.25) is 4.79 Å². The molecule has 35 heavy (non-hydrogen) atoms. The average molecular weight is 475 g/mol. The van der Waals surface area contributed by atoms with E-state index in [1.165, 1.54) is 25.3 Å². The maximum absolute atomic E-state index is 14.4. The summed E-state index contributed by atoms with van der Waals surface area (Å²) < 4.78 is 25.1. The van der Waals surface area contributed by atoms with Gasteiger partial charge in [0.05, 0.1) is 14.2 Å². The van der Waals surface area contributed by atoms with Gasteiger partial charge in [0.25, 0.3) is 0 Å². The van der Waals surface area contributed by atoms with E-state index in [-0.39, 0.29) is 5.78 Å². The Bertz CT molecular complexity index is 1220. The van der Waals surface area contributed by atoms with E-state index in [1.807, 2.05) is 42.5 Å². The number of methoxy groups -OCH3 is 2. The second kappa shape index (κ2) is 11.2. The van der Waals surface area contributed by atoms with Crippen LogP contribution < -0.4 is 14.4 Å². The standard InChI is InChI=1S/C29H31FN2O3/c1-31-15-6-16-32(18-17-31)27-13-10-22(24-7-4-5-8-29(24)35-3)19-25(27)28(33)14-11-21-9-12-23(34-2)20-26(21)30/h4-5,7-14,19-20H,6,15-18H2,1-3H3. The Morgan fingerprint density at radius 3 is 2.54 bits per heavy atom. The highest BCUT2D eigenvalue weighted by atomic mass is 19.1. The number of hydrogen-bond donors (Lipinski definition) is 0. The van der Waals surface area contributed by atoms with Crippen LogP contribution in [0.15, 0.2) is 66.7 Å². The predicted molar refractivity (Wildman–Crippen MR) is 139 cm³/mol. The number of anilines is 1. The summed E-state index contributed by atoms with van der Waals surface area (Å²) in [5, 5.41) is 0. The number of carbonyl (C=O) groups excluding carboxylic acids is 1. The fourth-order valence-electron chi connectivity index (χ4n) is 4.37. The third kappa shape index (κ3) is 5.72. The van der Waals surface area contributed by atoms with Gasteiger partial charge in [-0.1, -0.05) is 24.3 Å². The largest absolute Gasteiger partial charge is 0.497 e. The van der Waals surface area contributed by atoms with Gasteiger partial charge in [-0.25, -0.2) is 4.39 Å². The molecule has 0 saturated carbocycles. The number of benzene rings is 3. The highest BCUT2D eigenvalue weighted by Gasteiger charge is 2.20. The van der Waals surface area contributed by atoms with Gasteiger partial charge in [-0.2, -0.15) is 0 Å². The molecule has 182 valence electrons. The minimum atomic E-state index is -0.438. The van der Waals surface area contributed by atoms with Crippen LogP contribution in [0.5, 0.6) is 11.5 Å². The molecule has 1 aliphatic rings. The summed E-state index contributed by atoms with van der Waals surface area (Å²) in [6.45, 7) is 3.65. The van der Waals surface area contributed by atoms with Gasteiger partial charge in [0.2, 0.25) is 0 Å². The normalized spacial score (nSPS) is 14.7. The molecule has 0 aliphatic carbocycles. The van der Waals surface area contributed by atoms with E-state index >= 15 is 0 Å². The number of ketones is 1. The van der Waals surface area contributed by atoms with E-state index < -0.39 is 5.82 Å². The fourth-order valence-corrected chi connectivity index (χ4v) is 4.37. The van der Waals surface area contributed by atoms with Crippen molar-refractivity contribution >= 4 is 17.5 Å². The number of carbonyl (C=O) groups is 1. The van der Waals surface area contributed by atoms with Crippen molar-refractivity contribution in [3.63, 3.8) is 0 Å².